The minimum absolute atomic E-state index is 0.116. The Balaban J connectivity index is 3.39. The topological polar surface area (TPSA) is 54.5 Å². The van der Waals surface area contributed by atoms with Gasteiger partial charge in [-0.2, -0.15) is 0 Å². The Kier molecular flexibility index (Phi) is 5.75. The summed E-state index contributed by atoms with van der Waals surface area (Å²) >= 11 is 0. The molecule has 1 rings (SSSR count). The van der Waals surface area contributed by atoms with Crippen LogP contribution < -0.4 is 0 Å². The first-order valence-corrected chi connectivity index (χ1v) is 8.96. The minimum Gasteiger partial charge on any atom is -0.336 e. The summed E-state index contributed by atoms with van der Waals surface area (Å²) in [6.07, 6.45) is 0.720. The van der Waals surface area contributed by atoms with Gasteiger partial charge in [0.15, 0.2) is 0 Å². The van der Waals surface area contributed by atoms with Crippen molar-refractivity contribution in [3.8, 4) is 0 Å². The minimum atomic E-state index is -4.03. The number of nitrogens with zero attached hydrogens (tertiary/aromatic N) is 1. The molecule has 0 radical (unpaired) electrons. The molecule has 0 N–H and O–H groups in total. The fourth-order valence-electron chi connectivity index (χ4n) is 2.07. The molecule has 7 heteroatoms. The molecule has 0 aliphatic heterocycles. The highest BCUT2D eigenvalue weighted by Gasteiger charge is 2.25. The van der Waals surface area contributed by atoms with Crippen LogP contribution in [0.15, 0.2) is 17.0 Å². The molecule has 0 aliphatic carbocycles. The first-order valence-electron chi connectivity index (χ1n) is 6.65. The van der Waals surface area contributed by atoms with Crippen molar-refractivity contribution in [3.05, 3.63) is 29.1 Å². The summed E-state index contributed by atoms with van der Waals surface area (Å²) in [5.41, 5.74) is -0.104. The van der Waals surface area contributed by atoms with Crippen molar-refractivity contribution in [2.75, 3.05) is 6.54 Å². The molecule has 21 heavy (non-hydrogen) atoms. The van der Waals surface area contributed by atoms with Gasteiger partial charge in [0, 0.05) is 23.3 Å². The average molecular weight is 336 g/mol. The van der Waals surface area contributed by atoms with E-state index in [0.29, 0.717) is 6.54 Å². The van der Waals surface area contributed by atoms with Gasteiger partial charge in [-0.25, -0.2) is 12.8 Å². The molecule has 1 amide bonds. The van der Waals surface area contributed by atoms with Gasteiger partial charge in [-0.3, -0.25) is 4.79 Å². The van der Waals surface area contributed by atoms with Crippen LogP contribution in [-0.4, -0.2) is 31.8 Å². The molecule has 1 aromatic carbocycles. The third-order valence-electron chi connectivity index (χ3n) is 3.11. The van der Waals surface area contributed by atoms with E-state index in [0.717, 1.165) is 18.6 Å². The molecule has 0 saturated heterocycles. The molecule has 0 atom stereocenters. The maximum atomic E-state index is 14.0. The van der Waals surface area contributed by atoms with Gasteiger partial charge in [0.25, 0.3) is 15.0 Å². The molecule has 0 saturated carbocycles. The highest BCUT2D eigenvalue weighted by molar-refractivity contribution is 8.13. The Morgan fingerprint density at radius 2 is 1.95 bits per heavy atom. The molecule has 0 unspecified atom stereocenters. The molecule has 1 aromatic rings. The Bertz CT molecular complexity index is 644. The van der Waals surface area contributed by atoms with Crippen molar-refractivity contribution >= 4 is 25.6 Å². The smallest absolute Gasteiger partial charge is 0.261 e. The zero-order valence-corrected chi connectivity index (χ0v) is 14.1. The van der Waals surface area contributed by atoms with Crippen LogP contribution in [-0.2, 0) is 9.05 Å². The maximum Gasteiger partial charge on any atom is 0.261 e. The Morgan fingerprint density at radius 1 is 1.38 bits per heavy atom. The van der Waals surface area contributed by atoms with Gasteiger partial charge in [0.05, 0.1) is 10.5 Å². The summed E-state index contributed by atoms with van der Waals surface area (Å²) in [5, 5.41) is 0. The number of benzene rings is 1. The van der Waals surface area contributed by atoms with Crippen LogP contribution in [0.1, 0.15) is 43.1 Å². The van der Waals surface area contributed by atoms with Crippen LogP contribution in [0.3, 0.4) is 0 Å². The monoisotopic (exact) mass is 335 g/mol. The lowest BCUT2D eigenvalue weighted by molar-refractivity contribution is 0.0701. The molecule has 0 heterocycles. The second-order valence-corrected chi connectivity index (χ2v) is 7.66. The van der Waals surface area contributed by atoms with Crippen molar-refractivity contribution in [1.82, 2.24) is 4.90 Å². The van der Waals surface area contributed by atoms with E-state index in [9.17, 15) is 17.6 Å². The molecule has 0 aliphatic rings. The van der Waals surface area contributed by atoms with Gasteiger partial charge >= 0.3 is 0 Å². The van der Waals surface area contributed by atoms with E-state index >= 15 is 0 Å². The van der Waals surface area contributed by atoms with Crippen LogP contribution in [0, 0.1) is 12.7 Å². The van der Waals surface area contributed by atoms with E-state index < -0.39 is 20.8 Å². The molecule has 118 valence electrons. The van der Waals surface area contributed by atoms with E-state index in [-0.39, 0.29) is 22.1 Å². The van der Waals surface area contributed by atoms with E-state index in [1.165, 1.54) is 11.8 Å². The number of rotatable bonds is 5. The zero-order valence-electron chi connectivity index (χ0n) is 12.5. The van der Waals surface area contributed by atoms with Crippen molar-refractivity contribution in [3.63, 3.8) is 0 Å². The summed E-state index contributed by atoms with van der Waals surface area (Å²) in [5.74, 6) is -1.28. The van der Waals surface area contributed by atoms with Crippen LogP contribution in [0.5, 0.6) is 0 Å². The molecule has 0 bridgehead atoms. The van der Waals surface area contributed by atoms with Gasteiger partial charge in [0.2, 0.25) is 0 Å². The fourth-order valence-corrected chi connectivity index (χ4v) is 3.27. The quantitative estimate of drug-likeness (QED) is 0.776. The Hall–Kier alpha value is -1.14. The van der Waals surface area contributed by atoms with Gasteiger partial charge in [-0.15, -0.1) is 0 Å². The van der Waals surface area contributed by atoms with Crippen LogP contribution in [0.2, 0.25) is 0 Å². The number of halogens is 2. The molecule has 0 spiro atoms. The number of hydrogen-bond acceptors (Lipinski definition) is 3. The molecular formula is C14H19ClFNO3S. The van der Waals surface area contributed by atoms with Crippen LogP contribution >= 0.6 is 10.7 Å². The summed E-state index contributed by atoms with van der Waals surface area (Å²) in [6.45, 7) is 7.44. The van der Waals surface area contributed by atoms with Crippen molar-refractivity contribution < 1.29 is 17.6 Å². The van der Waals surface area contributed by atoms with Gasteiger partial charge < -0.3 is 4.90 Å². The zero-order chi connectivity index (χ0) is 16.4. The van der Waals surface area contributed by atoms with E-state index in [4.69, 9.17) is 10.7 Å². The lowest BCUT2D eigenvalue weighted by atomic mass is 10.1. The van der Waals surface area contributed by atoms with Gasteiger partial charge in [0.1, 0.15) is 5.82 Å². The highest BCUT2D eigenvalue weighted by Crippen LogP contribution is 2.24. The maximum absolute atomic E-state index is 14.0. The van der Waals surface area contributed by atoms with Gasteiger partial charge in [-0.05, 0) is 44.9 Å². The fraction of sp³-hybridized carbons (Fsp3) is 0.500. The highest BCUT2D eigenvalue weighted by atomic mass is 35.7. The average Bonchev–Trinajstić information content (AvgIpc) is 2.33. The second-order valence-electron chi connectivity index (χ2n) is 5.13. The summed E-state index contributed by atoms with van der Waals surface area (Å²) in [7, 11) is 1.29. The number of carbonyl (C=O) groups excluding carboxylic acids is 1. The van der Waals surface area contributed by atoms with Crippen molar-refractivity contribution in [1.29, 1.82) is 0 Å². The van der Waals surface area contributed by atoms with E-state index in [1.807, 2.05) is 20.8 Å². The van der Waals surface area contributed by atoms with Crippen molar-refractivity contribution in [2.24, 2.45) is 0 Å². The largest absolute Gasteiger partial charge is 0.336 e. The second kappa shape index (κ2) is 6.75. The lowest BCUT2D eigenvalue weighted by Crippen LogP contribution is -2.38. The Labute approximate surface area is 129 Å². The molecule has 0 fully saturated rings. The SMILES string of the molecule is CCCN(C(=O)c1cc(S(=O)(=O)Cl)c(C)cc1F)C(C)C. The predicted octanol–water partition coefficient (Wildman–Crippen LogP) is 3.32. The molecule has 0 aromatic heterocycles. The summed E-state index contributed by atoms with van der Waals surface area (Å²) in [6, 6.07) is 1.92. The van der Waals surface area contributed by atoms with Crippen LogP contribution in [0.25, 0.3) is 0 Å². The first kappa shape index (κ1) is 17.9. The summed E-state index contributed by atoms with van der Waals surface area (Å²) < 4.78 is 37.0. The number of aryl methyl sites for hydroxylation is 1. The number of carbonyl (C=O) groups is 1. The number of amides is 1. The third kappa shape index (κ3) is 4.17. The summed E-state index contributed by atoms with van der Waals surface area (Å²) in [4.78, 5) is 13.7. The standard InChI is InChI=1S/C14H19ClFNO3S/c1-5-6-17(9(2)3)14(18)11-8-13(21(15,19)20)10(4)7-12(11)16/h7-9H,5-6H2,1-4H3. The predicted molar refractivity (Wildman–Crippen MR) is 80.6 cm³/mol. The van der Waals surface area contributed by atoms with Gasteiger partial charge in [-0.1, -0.05) is 6.92 Å². The van der Waals surface area contributed by atoms with Crippen molar-refractivity contribution in [2.45, 2.75) is 45.1 Å². The third-order valence-corrected chi connectivity index (χ3v) is 4.57. The first-order chi connectivity index (χ1) is 9.59. The number of hydrogen-bond donors (Lipinski definition) is 0. The molecule has 4 nitrogen and oxygen atoms in total. The van der Waals surface area contributed by atoms with Crippen LogP contribution in [0.4, 0.5) is 4.39 Å². The molecular weight excluding hydrogens is 317 g/mol. The van der Waals surface area contributed by atoms with E-state index in [1.54, 1.807) is 0 Å². The lowest BCUT2D eigenvalue weighted by Gasteiger charge is -2.26. The Morgan fingerprint density at radius 3 is 2.38 bits per heavy atom. The normalized spacial score (nSPS) is 11.8. The van der Waals surface area contributed by atoms with E-state index in [2.05, 4.69) is 0 Å².